The molecule has 2 aliphatic heterocycles. The first kappa shape index (κ1) is 28.4. The third-order valence-corrected chi connectivity index (χ3v) is 9.86. The number of nitrogens with one attached hydrogen (secondary N) is 3. The summed E-state index contributed by atoms with van der Waals surface area (Å²) in [5.74, 6) is 0.390. The molecule has 2 fully saturated rings. The van der Waals surface area contributed by atoms with E-state index in [1.807, 2.05) is 13.0 Å². The van der Waals surface area contributed by atoms with Crippen LogP contribution in [0.1, 0.15) is 67.0 Å². The maximum Gasteiger partial charge on any atom is 0.321 e. The maximum atomic E-state index is 13.4. The maximum absolute atomic E-state index is 13.4. The average molecular weight is 611 g/mol. The number of aromatic nitrogens is 2. The highest BCUT2D eigenvalue weighted by Crippen LogP contribution is 2.54. The third-order valence-electron chi connectivity index (χ3n) is 8.40. The summed E-state index contributed by atoms with van der Waals surface area (Å²) < 4.78 is 6.39. The summed E-state index contributed by atoms with van der Waals surface area (Å²) in [5, 5.41) is 9.63. The number of amides is 5. The summed E-state index contributed by atoms with van der Waals surface area (Å²) in [6.07, 6.45) is 3.53. The number of pyridine rings is 1. The van der Waals surface area contributed by atoms with Gasteiger partial charge < -0.3 is 15.0 Å². The molecule has 3 N–H and O–H groups in total. The molecule has 1 aromatic carbocycles. The average Bonchev–Trinajstić information content (AvgIpc) is 3.47. The van der Waals surface area contributed by atoms with Gasteiger partial charge in [-0.15, -0.1) is 11.3 Å². The Balaban J connectivity index is 1.22. The van der Waals surface area contributed by atoms with Crippen molar-refractivity contribution >= 4 is 62.7 Å². The monoisotopic (exact) mass is 610 g/mol. The minimum absolute atomic E-state index is 0.117. The molecule has 13 heteroatoms. The van der Waals surface area contributed by atoms with Crippen LogP contribution in [0, 0.1) is 11.8 Å². The summed E-state index contributed by atoms with van der Waals surface area (Å²) in [7, 11) is 1.58. The van der Waals surface area contributed by atoms with Crippen molar-refractivity contribution in [3.63, 3.8) is 0 Å². The van der Waals surface area contributed by atoms with Gasteiger partial charge in [0.1, 0.15) is 28.1 Å². The number of hydrogen-bond acceptors (Lipinski definition) is 8. The first-order valence-electron chi connectivity index (χ1n) is 14.0. The lowest BCUT2D eigenvalue weighted by molar-refractivity contribution is -0.136. The van der Waals surface area contributed by atoms with E-state index in [0.29, 0.717) is 33.5 Å². The number of imide groups is 1. The van der Waals surface area contributed by atoms with Gasteiger partial charge in [-0.05, 0) is 49.8 Å². The van der Waals surface area contributed by atoms with Gasteiger partial charge in [0.05, 0.1) is 35.2 Å². The molecule has 0 spiro atoms. The van der Waals surface area contributed by atoms with Crippen molar-refractivity contribution in [2.24, 2.45) is 11.8 Å². The van der Waals surface area contributed by atoms with Crippen molar-refractivity contribution in [2.45, 2.75) is 64.1 Å². The Labute approximate surface area is 251 Å². The number of carbonyl (C=O) groups is 4. The van der Waals surface area contributed by atoms with Crippen LogP contribution in [-0.4, -0.2) is 51.8 Å². The number of benzene rings is 1. The fraction of sp³-hybridized carbons (Fsp3) is 0.448. The van der Waals surface area contributed by atoms with Gasteiger partial charge in [-0.25, -0.2) is 14.8 Å². The van der Waals surface area contributed by atoms with Crippen molar-refractivity contribution in [3.05, 3.63) is 45.6 Å². The second-order valence-corrected chi connectivity index (χ2v) is 12.7. The lowest BCUT2D eigenvalue weighted by Gasteiger charge is -2.29. The zero-order chi connectivity index (χ0) is 29.8. The van der Waals surface area contributed by atoms with Crippen LogP contribution < -0.4 is 20.7 Å². The van der Waals surface area contributed by atoms with Crippen LogP contribution in [0.15, 0.2) is 24.3 Å². The highest BCUT2D eigenvalue weighted by Gasteiger charge is 2.53. The number of halogens is 1. The highest BCUT2D eigenvalue weighted by atomic mass is 35.5. The second kappa shape index (κ2) is 10.8. The molecule has 3 aliphatic rings. The van der Waals surface area contributed by atoms with Gasteiger partial charge in [0, 0.05) is 17.5 Å². The molecule has 1 aliphatic carbocycles. The predicted molar refractivity (Wildman–Crippen MR) is 157 cm³/mol. The Morgan fingerprint density at radius 1 is 1.26 bits per heavy atom. The van der Waals surface area contributed by atoms with Crippen LogP contribution >= 0.6 is 22.9 Å². The van der Waals surface area contributed by atoms with Crippen LogP contribution in [-0.2, 0) is 21.7 Å². The summed E-state index contributed by atoms with van der Waals surface area (Å²) >= 11 is 7.80. The van der Waals surface area contributed by atoms with Gasteiger partial charge in [-0.3, -0.25) is 25.0 Å². The standard InChI is InChI=1S/C29H31ClN6O5S/c1-4-5-14-10-17(14)29(2,27-34-24-20(41-3)11-15(30)12-21(24)42-27)35-28(40)32-22-8-6-16-18(31-22)13-36(26(16)39)19-7-9-23(37)33-25(19)38/h6,8,11-12,14,17,19H,4-5,7,9-10,13H2,1-3H3,(H,33,37,38)(H2,31,32,35,40)/t14?,17?,19?,29-/m1/s1. The summed E-state index contributed by atoms with van der Waals surface area (Å²) in [6.45, 7) is 4.28. The predicted octanol–water partition coefficient (Wildman–Crippen LogP) is 4.59. The molecule has 220 valence electrons. The largest absolute Gasteiger partial charge is 0.494 e. The highest BCUT2D eigenvalue weighted by molar-refractivity contribution is 7.18. The van der Waals surface area contributed by atoms with E-state index in [2.05, 4.69) is 27.9 Å². The Morgan fingerprint density at radius 2 is 2.07 bits per heavy atom. The van der Waals surface area contributed by atoms with E-state index in [1.165, 1.54) is 16.2 Å². The first-order valence-corrected chi connectivity index (χ1v) is 15.2. The van der Waals surface area contributed by atoms with Crippen LogP contribution in [0.4, 0.5) is 10.6 Å². The van der Waals surface area contributed by atoms with Crippen molar-refractivity contribution < 1.29 is 23.9 Å². The number of piperidine rings is 1. The molecule has 0 radical (unpaired) electrons. The van der Waals surface area contributed by atoms with E-state index in [-0.39, 0.29) is 42.9 Å². The molecule has 3 aromatic rings. The molecular weight excluding hydrogens is 580 g/mol. The number of rotatable bonds is 8. The molecule has 1 saturated carbocycles. The Kier molecular flexibility index (Phi) is 7.30. The molecule has 0 bridgehead atoms. The number of hydrogen-bond donors (Lipinski definition) is 3. The van der Waals surface area contributed by atoms with Gasteiger partial charge in [0.25, 0.3) is 5.91 Å². The molecule has 4 heterocycles. The number of methoxy groups -OCH3 is 1. The van der Waals surface area contributed by atoms with E-state index >= 15 is 0 Å². The molecule has 2 aromatic heterocycles. The van der Waals surface area contributed by atoms with E-state index in [9.17, 15) is 19.2 Å². The SMILES string of the molecule is CCCC1CC1[C@@](C)(NC(=O)Nc1ccc2c(n1)CN(C1CCC(=O)NC1=O)C2=O)c1nc2c(OC)cc(Cl)cc2s1. The van der Waals surface area contributed by atoms with Gasteiger partial charge in [-0.2, -0.15) is 0 Å². The summed E-state index contributed by atoms with van der Waals surface area (Å²) in [6, 6.07) is 5.58. The van der Waals surface area contributed by atoms with Crippen molar-refractivity contribution in [2.75, 3.05) is 12.4 Å². The fourth-order valence-corrected chi connectivity index (χ4v) is 7.64. The van der Waals surface area contributed by atoms with Crippen LogP contribution in [0.5, 0.6) is 5.75 Å². The normalized spacial score (nSPS) is 22.9. The zero-order valence-electron chi connectivity index (χ0n) is 23.5. The van der Waals surface area contributed by atoms with E-state index in [0.717, 1.165) is 29.0 Å². The van der Waals surface area contributed by atoms with Crippen LogP contribution in [0.2, 0.25) is 5.02 Å². The van der Waals surface area contributed by atoms with Gasteiger partial charge in [-0.1, -0.05) is 31.4 Å². The molecule has 4 atom stereocenters. The first-order chi connectivity index (χ1) is 20.1. The number of nitrogens with zero attached hydrogens (tertiary/aromatic N) is 3. The Morgan fingerprint density at radius 3 is 2.81 bits per heavy atom. The van der Waals surface area contributed by atoms with Gasteiger partial charge in [0.2, 0.25) is 11.8 Å². The van der Waals surface area contributed by atoms with Gasteiger partial charge >= 0.3 is 6.03 Å². The topological polar surface area (TPSA) is 143 Å². The van der Waals surface area contributed by atoms with E-state index in [4.69, 9.17) is 21.3 Å². The fourth-order valence-electron chi connectivity index (χ4n) is 6.18. The van der Waals surface area contributed by atoms with E-state index in [1.54, 1.807) is 25.3 Å². The number of anilines is 1. The van der Waals surface area contributed by atoms with Crippen molar-refractivity contribution in [1.82, 2.24) is 25.5 Å². The zero-order valence-corrected chi connectivity index (χ0v) is 25.0. The Bertz CT molecular complexity index is 1630. The molecule has 5 amide bonds. The lowest BCUT2D eigenvalue weighted by atomic mass is 9.94. The second-order valence-electron chi connectivity index (χ2n) is 11.2. The third kappa shape index (κ3) is 5.06. The van der Waals surface area contributed by atoms with Crippen molar-refractivity contribution in [3.8, 4) is 5.75 Å². The number of ether oxygens (including phenoxy) is 1. The lowest BCUT2D eigenvalue weighted by Crippen LogP contribution is -2.52. The Hall–Kier alpha value is -3.77. The number of carbonyl (C=O) groups excluding carboxylic acids is 4. The minimum atomic E-state index is -0.750. The summed E-state index contributed by atoms with van der Waals surface area (Å²) in [5.41, 5.74) is 0.789. The van der Waals surface area contributed by atoms with Crippen molar-refractivity contribution in [1.29, 1.82) is 0 Å². The molecule has 42 heavy (non-hydrogen) atoms. The quantitative estimate of drug-likeness (QED) is 0.317. The number of urea groups is 1. The van der Waals surface area contributed by atoms with E-state index < -0.39 is 23.5 Å². The molecule has 11 nitrogen and oxygen atoms in total. The van der Waals surface area contributed by atoms with Gasteiger partial charge in [0.15, 0.2) is 0 Å². The minimum Gasteiger partial charge on any atom is -0.494 e. The molecule has 1 saturated heterocycles. The number of fused-ring (bicyclic) bond motifs is 2. The molecular formula is C29H31ClN6O5S. The molecule has 3 unspecified atom stereocenters. The van der Waals surface area contributed by atoms with Crippen LogP contribution in [0.25, 0.3) is 10.2 Å². The van der Waals surface area contributed by atoms with Crippen LogP contribution in [0.3, 0.4) is 0 Å². The number of thiazole rings is 1. The smallest absolute Gasteiger partial charge is 0.321 e. The molecule has 6 rings (SSSR count). The summed E-state index contributed by atoms with van der Waals surface area (Å²) in [4.78, 5) is 61.2.